The summed E-state index contributed by atoms with van der Waals surface area (Å²) in [5.41, 5.74) is 2.25. The van der Waals surface area contributed by atoms with Crippen LogP contribution in [0.25, 0.3) is 10.9 Å². The van der Waals surface area contributed by atoms with E-state index in [1.54, 1.807) is 19.1 Å². The van der Waals surface area contributed by atoms with Gasteiger partial charge in [0.1, 0.15) is 0 Å². The summed E-state index contributed by atoms with van der Waals surface area (Å²) in [5, 5.41) is 3.58. The lowest BCUT2D eigenvalue weighted by molar-refractivity contribution is -0.118. The SMILES string of the molecule is Cc1cc(=O)c(OCC(=O)Nc2ccc3c(C)cc(=O)[nH]c3c2)c[nH]1. The summed E-state index contributed by atoms with van der Waals surface area (Å²) in [4.78, 5) is 40.9. The fourth-order valence-electron chi connectivity index (χ4n) is 2.53. The maximum atomic E-state index is 12.0. The molecule has 0 saturated carbocycles. The molecular formula is C18H17N3O4. The van der Waals surface area contributed by atoms with Crippen molar-refractivity contribution >= 4 is 22.5 Å². The van der Waals surface area contributed by atoms with Crippen LogP contribution < -0.4 is 21.0 Å². The third-order valence-corrected chi connectivity index (χ3v) is 3.71. The summed E-state index contributed by atoms with van der Waals surface area (Å²) in [6.45, 7) is 3.31. The lowest BCUT2D eigenvalue weighted by Crippen LogP contribution is -2.22. The Morgan fingerprint density at radius 3 is 2.72 bits per heavy atom. The molecule has 0 bridgehead atoms. The highest BCUT2D eigenvalue weighted by Gasteiger charge is 2.08. The van der Waals surface area contributed by atoms with E-state index in [-0.39, 0.29) is 23.3 Å². The van der Waals surface area contributed by atoms with E-state index in [1.165, 1.54) is 18.3 Å². The van der Waals surface area contributed by atoms with Crippen molar-refractivity contribution in [3.63, 3.8) is 0 Å². The Morgan fingerprint density at radius 1 is 1.16 bits per heavy atom. The summed E-state index contributed by atoms with van der Waals surface area (Å²) in [6, 6.07) is 8.16. The number of hydrogen-bond donors (Lipinski definition) is 3. The van der Waals surface area contributed by atoms with E-state index in [0.717, 1.165) is 10.9 Å². The average molecular weight is 339 g/mol. The van der Waals surface area contributed by atoms with Crippen LogP contribution in [-0.4, -0.2) is 22.5 Å². The minimum Gasteiger partial charge on any atom is -0.478 e. The number of carbonyl (C=O) groups excluding carboxylic acids is 1. The number of nitrogens with one attached hydrogen (secondary N) is 3. The van der Waals surface area contributed by atoms with Gasteiger partial charge in [-0.05, 0) is 31.5 Å². The Morgan fingerprint density at radius 2 is 1.96 bits per heavy atom. The third-order valence-electron chi connectivity index (χ3n) is 3.71. The van der Waals surface area contributed by atoms with Crippen molar-refractivity contribution in [2.24, 2.45) is 0 Å². The molecule has 0 unspecified atom stereocenters. The first-order chi connectivity index (χ1) is 11.9. The van der Waals surface area contributed by atoms with Crippen LogP contribution >= 0.6 is 0 Å². The highest BCUT2D eigenvalue weighted by Crippen LogP contribution is 2.19. The van der Waals surface area contributed by atoms with E-state index < -0.39 is 5.91 Å². The van der Waals surface area contributed by atoms with Gasteiger partial charge in [-0.15, -0.1) is 0 Å². The molecule has 0 fully saturated rings. The highest BCUT2D eigenvalue weighted by molar-refractivity contribution is 5.94. The molecule has 25 heavy (non-hydrogen) atoms. The number of benzene rings is 1. The molecule has 7 nitrogen and oxygen atoms in total. The first-order valence-electron chi connectivity index (χ1n) is 7.68. The zero-order valence-corrected chi connectivity index (χ0v) is 13.8. The molecule has 0 saturated heterocycles. The zero-order valence-electron chi connectivity index (χ0n) is 13.8. The van der Waals surface area contributed by atoms with Gasteiger partial charge in [-0.1, -0.05) is 6.07 Å². The molecule has 3 N–H and O–H groups in total. The van der Waals surface area contributed by atoms with Crippen molar-refractivity contribution < 1.29 is 9.53 Å². The number of aromatic nitrogens is 2. The van der Waals surface area contributed by atoms with Crippen LogP contribution in [0, 0.1) is 13.8 Å². The number of aromatic amines is 2. The van der Waals surface area contributed by atoms with Gasteiger partial charge in [-0.3, -0.25) is 14.4 Å². The van der Waals surface area contributed by atoms with Gasteiger partial charge >= 0.3 is 0 Å². The summed E-state index contributed by atoms with van der Waals surface area (Å²) >= 11 is 0. The Hall–Kier alpha value is -3.35. The van der Waals surface area contributed by atoms with E-state index in [1.807, 2.05) is 13.0 Å². The number of rotatable bonds is 4. The molecule has 2 aromatic heterocycles. The van der Waals surface area contributed by atoms with E-state index in [9.17, 15) is 14.4 Å². The smallest absolute Gasteiger partial charge is 0.262 e. The molecule has 0 aliphatic heterocycles. The largest absolute Gasteiger partial charge is 0.478 e. The normalized spacial score (nSPS) is 10.6. The van der Waals surface area contributed by atoms with Crippen molar-refractivity contribution in [1.82, 2.24) is 9.97 Å². The Kier molecular flexibility index (Phi) is 4.38. The van der Waals surface area contributed by atoms with Crippen molar-refractivity contribution in [3.8, 4) is 5.75 Å². The quantitative estimate of drug-likeness (QED) is 0.675. The van der Waals surface area contributed by atoms with Crippen LogP contribution in [0.4, 0.5) is 5.69 Å². The van der Waals surface area contributed by atoms with E-state index in [2.05, 4.69) is 15.3 Å². The molecule has 0 radical (unpaired) electrons. The topological polar surface area (TPSA) is 104 Å². The minimum atomic E-state index is -0.408. The zero-order chi connectivity index (χ0) is 18.0. The molecule has 7 heteroatoms. The van der Waals surface area contributed by atoms with Gasteiger partial charge in [0.15, 0.2) is 12.4 Å². The van der Waals surface area contributed by atoms with Crippen LogP contribution in [0.3, 0.4) is 0 Å². The molecule has 0 aliphatic rings. The number of aryl methyl sites for hydroxylation is 2. The summed E-state index contributed by atoms with van der Waals surface area (Å²) in [7, 11) is 0. The van der Waals surface area contributed by atoms with Gasteiger partial charge < -0.3 is 20.0 Å². The average Bonchev–Trinajstić information content (AvgIpc) is 2.53. The molecule has 0 atom stereocenters. The van der Waals surface area contributed by atoms with Gasteiger partial charge in [0.25, 0.3) is 5.91 Å². The molecule has 2 heterocycles. The maximum Gasteiger partial charge on any atom is 0.262 e. The fourth-order valence-corrected chi connectivity index (χ4v) is 2.53. The summed E-state index contributed by atoms with van der Waals surface area (Å²) < 4.78 is 5.24. The molecule has 128 valence electrons. The molecule has 3 aromatic rings. The van der Waals surface area contributed by atoms with E-state index >= 15 is 0 Å². The second kappa shape index (κ2) is 6.64. The predicted octanol–water partition coefficient (Wildman–Crippen LogP) is 1.85. The van der Waals surface area contributed by atoms with Crippen LogP contribution in [0.2, 0.25) is 0 Å². The summed E-state index contributed by atoms with van der Waals surface area (Å²) in [5.74, 6) is -0.325. The van der Waals surface area contributed by atoms with E-state index in [4.69, 9.17) is 4.74 Å². The van der Waals surface area contributed by atoms with Crippen LogP contribution in [0.5, 0.6) is 5.75 Å². The Balaban J connectivity index is 1.71. The number of ether oxygens (including phenoxy) is 1. The van der Waals surface area contributed by atoms with Gasteiger partial charge in [0.05, 0.1) is 5.52 Å². The van der Waals surface area contributed by atoms with Gasteiger partial charge in [0.2, 0.25) is 11.0 Å². The number of H-pyrrole nitrogens is 2. The molecular weight excluding hydrogens is 322 g/mol. The maximum absolute atomic E-state index is 12.0. The molecule has 0 spiro atoms. The Bertz CT molecular complexity index is 1070. The molecule has 3 rings (SSSR count). The fraction of sp³-hybridized carbons (Fsp3) is 0.167. The second-order valence-electron chi connectivity index (χ2n) is 5.76. The number of fused-ring (bicyclic) bond motifs is 1. The molecule has 1 aromatic carbocycles. The number of anilines is 1. The monoisotopic (exact) mass is 339 g/mol. The van der Waals surface area contributed by atoms with E-state index in [0.29, 0.717) is 16.9 Å². The van der Waals surface area contributed by atoms with Crippen LogP contribution in [-0.2, 0) is 4.79 Å². The van der Waals surface area contributed by atoms with Crippen molar-refractivity contribution in [3.05, 3.63) is 68.4 Å². The van der Waals surface area contributed by atoms with Crippen molar-refractivity contribution in [2.45, 2.75) is 13.8 Å². The van der Waals surface area contributed by atoms with Crippen molar-refractivity contribution in [1.29, 1.82) is 0 Å². The van der Waals surface area contributed by atoms with Gasteiger partial charge in [0, 0.05) is 35.1 Å². The summed E-state index contributed by atoms with van der Waals surface area (Å²) in [6.07, 6.45) is 1.43. The number of amides is 1. The van der Waals surface area contributed by atoms with Gasteiger partial charge in [-0.25, -0.2) is 0 Å². The predicted molar refractivity (Wildman–Crippen MR) is 95.2 cm³/mol. The molecule has 0 aliphatic carbocycles. The number of carbonyl (C=O) groups is 1. The number of hydrogen-bond acceptors (Lipinski definition) is 4. The third kappa shape index (κ3) is 3.77. The second-order valence-corrected chi connectivity index (χ2v) is 5.76. The molecule has 1 amide bonds. The Labute approximate surface area is 142 Å². The van der Waals surface area contributed by atoms with Crippen LogP contribution in [0.1, 0.15) is 11.3 Å². The van der Waals surface area contributed by atoms with Crippen LogP contribution in [0.15, 0.2) is 46.1 Å². The standard InChI is InChI=1S/C18H17N3O4/c1-10-5-17(23)21-14-7-12(3-4-13(10)14)20-18(24)9-25-16-8-19-11(2)6-15(16)22/h3-8H,9H2,1-2H3,(H,19,22)(H,20,24)(H,21,23). The van der Waals surface area contributed by atoms with Gasteiger partial charge in [-0.2, -0.15) is 0 Å². The first kappa shape index (κ1) is 16.5. The first-order valence-corrected chi connectivity index (χ1v) is 7.68. The lowest BCUT2D eigenvalue weighted by Gasteiger charge is -2.09. The minimum absolute atomic E-state index is 0.0826. The lowest BCUT2D eigenvalue weighted by atomic mass is 10.1. The highest BCUT2D eigenvalue weighted by atomic mass is 16.5. The number of pyridine rings is 2. The van der Waals surface area contributed by atoms with Crippen molar-refractivity contribution in [2.75, 3.05) is 11.9 Å².